The summed E-state index contributed by atoms with van der Waals surface area (Å²) in [6.45, 7) is 3.05. The van der Waals surface area contributed by atoms with E-state index in [9.17, 15) is 19.1 Å². The molecule has 0 aliphatic carbocycles. The van der Waals surface area contributed by atoms with Crippen LogP contribution in [0.25, 0.3) is 5.76 Å². The number of amides is 1. The minimum Gasteiger partial charge on any atom is -0.507 e. The number of aliphatic hydroxyl groups excluding tert-OH is 1. The number of Topliss-reactive ketones (excluding diaryl/α,β-unsaturated/α-hetero) is 1. The molecule has 2 unspecified atom stereocenters. The van der Waals surface area contributed by atoms with Gasteiger partial charge in [-0.15, -0.1) is 0 Å². The molecule has 1 fully saturated rings. The molecule has 0 aromatic heterocycles. The molecular weight excluding hydrogens is 411 g/mol. The van der Waals surface area contributed by atoms with Gasteiger partial charge in [-0.3, -0.25) is 9.59 Å². The Kier molecular flexibility index (Phi) is 6.02. The van der Waals surface area contributed by atoms with Crippen LogP contribution in [-0.4, -0.2) is 59.9 Å². The highest BCUT2D eigenvalue weighted by atomic mass is 19.1. The van der Waals surface area contributed by atoms with E-state index in [-0.39, 0.29) is 17.4 Å². The fourth-order valence-corrected chi connectivity index (χ4v) is 4.38. The summed E-state index contributed by atoms with van der Waals surface area (Å²) in [4.78, 5) is 29.4. The first-order valence-corrected chi connectivity index (χ1v) is 10.7. The van der Waals surface area contributed by atoms with Crippen LogP contribution in [0.2, 0.25) is 0 Å². The Labute approximate surface area is 186 Å². The summed E-state index contributed by atoms with van der Waals surface area (Å²) in [5.74, 6) is -1.26. The van der Waals surface area contributed by atoms with Crippen molar-refractivity contribution in [3.8, 4) is 5.75 Å². The molecule has 0 radical (unpaired) electrons. The third kappa shape index (κ3) is 4.12. The summed E-state index contributed by atoms with van der Waals surface area (Å²) in [5, 5.41) is 11.2. The molecular formula is C25H27FN2O4. The maximum absolute atomic E-state index is 13.6. The number of halogens is 1. The molecule has 32 heavy (non-hydrogen) atoms. The molecule has 0 bridgehead atoms. The molecule has 4 rings (SSSR count). The average molecular weight is 438 g/mol. The maximum atomic E-state index is 13.6. The van der Waals surface area contributed by atoms with Gasteiger partial charge < -0.3 is 19.6 Å². The molecule has 7 heteroatoms. The van der Waals surface area contributed by atoms with E-state index in [0.717, 1.165) is 17.9 Å². The molecule has 6 nitrogen and oxygen atoms in total. The monoisotopic (exact) mass is 438 g/mol. The molecule has 2 aromatic rings. The van der Waals surface area contributed by atoms with Crippen LogP contribution in [0.1, 0.15) is 36.1 Å². The number of hydrogen-bond acceptors (Lipinski definition) is 5. The van der Waals surface area contributed by atoms with Gasteiger partial charge in [0.15, 0.2) is 0 Å². The van der Waals surface area contributed by atoms with Crippen molar-refractivity contribution in [2.45, 2.75) is 31.9 Å². The van der Waals surface area contributed by atoms with Gasteiger partial charge in [0.1, 0.15) is 23.4 Å². The molecule has 168 valence electrons. The Morgan fingerprint density at radius 2 is 1.91 bits per heavy atom. The number of hydrogen-bond donors (Lipinski definition) is 1. The van der Waals surface area contributed by atoms with Crippen molar-refractivity contribution in [3.63, 3.8) is 0 Å². The van der Waals surface area contributed by atoms with E-state index in [1.807, 2.05) is 25.9 Å². The molecule has 1 amide bonds. The van der Waals surface area contributed by atoms with Crippen molar-refractivity contribution >= 4 is 17.4 Å². The average Bonchev–Trinajstić information content (AvgIpc) is 3.24. The Balaban J connectivity index is 1.77. The van der Waals surface area contributed by atoms with Gasteiger partial charge in [0.05, 0.1) is 11.6 Å². The van der Waals surface area contributed by atoms with Gasteiger partial charge in [-0.25, -0.2) is 4.39 Å². The van der Waals surface area contributed by atoms with Crippen LogP contribution in [-0.2, 0) is 16.0 Å². The molecule has 0 spiro atoms. The number of carbonyl (C=O) groups is 2. The number of likely N-dealkylation sites (tertiary alicyclic amines) is 1. The lowest BCUT2D eigenvalue weighted by atomic mass is 9.94. The Morgan fingerprint density at radius 1 is 1.19 bits per heavy atom. The van der Waals surface area contributed by atoms with E-state index in [1.54, 1.807) is 30.3 Å². The first-order chi connectivity index (χ1) is 15.3. The van der Waals surface area contributed by atoms with Crippen LogP contribution < -0.4 is 4.74 Å². The number of rotatable bonds is 6. The van der Waals surface area contributed by atoms with E-state index in [0.29, 0.717) is 30.5 Å². The van der Waals surface area contributed by atoms with Gasteiger partial charge in [0.25, 0.3) is 11.7 Å². The smallest absolute Gasteiger partial charge is 0.295 e. The molecule has 2 atom stereocenters. The van der Waals surface area contributed by atoms with Gasteiger partial charge in [-0.2, -0.15) is 0 Å². The van der Waals surface area contributed by atoms with Crippen molar-refractivity contribution in [2.75, 3.05) is 27.2 Å². The first-order valence-electron chi connectivity index (χ1n) is 10.7. The van der Waals surface area contributed by atoms with E-state index in [1.165, 1.54) is 17.0 Å². The highest BCUT2D eigenvalue weighted by molar-refractivity contribution is 6.46. The van der Waals surface area contributed by atoms with Crippen molar-refractivity contribution in [2.24, 2.45) is 0 Å². The van der Waals surface area contributed by atoms with E-state index in [4.69, 9.17) is 4.74 Å². The molecule has 1 saturated heterocycles. The summed E-state index contributed by atoms with van der Waals surface area (Å²) >= 11 is 0. The highest BCUT2D eigenvalue weighted by Gasteiger charge is 2.45. The standard InChI is InChI=1S/C25H27FN2O4/c1-15-13-18-14-17(7-10-20(18)32-15)23(29)21-22(16-5-8-19(26)9-6-16)28(25(31)24(21)30)12-4-11-27(2)3/h5-10,14-15,22,29H,4,11-13H2,1-3H3. The normalized spacial score (nSPS) is 21.8. The fourth-order valence-electron chi connectivity index (χ4n) is 4.38. The quantitative estimate of drug-likeness (QED) is 0.425. The third-order valence-corrected chi connectivity index (χ3v) is 5.90. The van der Waals surface area contributed by atoms with Crippen LogP contribution in [0.15, 0.2) is 48.0 Å². The summed E-state index contributed by atoms with van der Waals surface area (Å²) in [7, 11) is 3.87. The van der Waals surface area contributed by atoms with Gasteiger partial charge >= 0.3 is 0 Å². The van der Waals surface area contributed by atoms with E-state index >= 15 is 0 Å². The van der Waals surface area contributed by atoms with Crippen LogP contribution in [0.3, 0.4) is 0 Å². The lowest BCUT2D eigenvalue weighted by Gasteiger charge is -2.26. The maximum Gasteiger partial charge on any atom is 0.295 e. The molecule has 2 aliphatic rings. The lowest BCUT2D eigenvalue weighted by molar-refractivity contribution is -0.139. The predicted octanol–water partition coefficient (Wildman–Crippen LogP) is 3.52. The van der Waals surface area contributed by atoms with E-state index in [2.05, 4.69) is 0 Å². The molecule has 2 heterocycles. The number of nitrogens with zero attached hydrogens (tertiary/aromatic N) is 2. The number of ketones is 1. The van der Waals surface area contributed by atoms with Crippen molar-refractivity contribution in [1.29, 1.82) is 0 Å². The summed E-state index contributed by atoms with van der Waals surface area (Å²) in [6, 6.07) is 10.2. The van der Waals surface area contributed by atoms with Crippen LogP contribution in [0.4, 0.5) is 4.39 Å². The van der Waals surface area contributed by atoms with Crippen LogP contribution in [0.5, 0.6) is 5.75 Å². The predicted molar refractivity (Wildman–Crippen MR) is 119 cm³/mol. The second-order valence-electron chi connectivity index (χ2n) is 8.66. The Bertz CT molecular complexity index is 1080. The van der Waals surface area contributed by atoms with E-state index < -0.39 is 23.5 Å². The number of fused-ring (bicyclic) bond motifs is 1. The second kappa shape index (κ2) is 8.74. The number of carbonyl (C=O) groups excluding carboxylic acids is 2. The molecule has 1 N–H and O–H groups in total. The number of aliphatic hydroxyl groups is 1. The van der Waals surface area contributed by atoms with Crippen molar-refractivity contribution in [1.82, 2.24) is 9.80 Å². The summed E-state index contributed by atoms with van der Waals surface area (Å²) in [6.07, 6.45) is 1.41. The molecule has 0 saturated carbocycles. The summed E-state index contributed by atoms with van der Waals surface area (Å²) < 4.78 is 19.3. The second-order valence-corrected chi connectivity index (χ2v) is 8.66. The fraction of sp³-hybridized carbons (Fsp3) is 0.360. The van der Waals surface area contributed by atoms with Crippen LogP contribution in [0, 0.1) is 5.82 Å². The number of benzene rings is 2. The lowest BCUT2D eigenvalue weighted by Crippen LogP contribution is -2.32. The zero-order chi connectivity index (χ0) is 23.0. The number of ether oxygens (including phenoxy) is 1. The van der Waals surface area contributed by atoms with Gasteiger partial charge in [-0.05, 0) is 75.4 Å². The largest absolute Gasteiger partial charge is 0.507 e. The van der Waals surface area contributed by atoms with Crippen molar-refractivity contribution in [3.05, 3.63) is 70.5 Å². The first kappa shape index (κ1) is 22.0. The minimum absolute atomic E-state index is 0.0263. The highest BCUT2D eigenvalue weighted by Crippen LogP contribution is 2.40. The molecule has 2 aromatic carbocycles. The van der Waals surface area contributed by atoms with Crippen LogP contribution >= 0.6 is 0 Å². The topological polar surface area (TPSA) is 70.1 Å². The van der Waals surface area contributed by atoms with Gasteiger partial charge in [0, 0.05) is 18.5 Å². The molecule has 2 aliphatic heterocycles. The minimum atomic E-state index is -0.777. The van der Waals surface area contributed by atoms with Gasteiger partial charge in [-0.1, -0.05) is 12.1 Å². The Hall–Kier alpha value is -3.19. The zero-order valence-electron chi connectivity index (χ0n) is 18.5. The van der Waals surface area contributed by atoms with Gasteiger partial charge in [0.2, 0.25) is 0 Å². The third-order valence-electron chi connectivity index (χ3n) is 5.90. The summed E-state index contributed by atoms with van der Waals surface area (Å²) in [5.41, 5.74) is 2.01. The Morgan fingerprint density at radius 3 is 2.59 bits per heavy atom. The zero-order valence-corrected chi connectivity index (χ0v) is 18.5. The van der Waals surface area contributed by atoms with Crippen molar-refractivity contribution < 1.29 is 23.8 Å². The SMILES string of the molecule is CC1Cc2cc(C(O)=C3C(=O)C(=O)N(CCCN(C)C)C3c3ccc(F)cc3)ccc2O1.